The molecular weight excluding hydrogens is 544 g/mol. The summed E-state index contributed by atoms with van der Waals surface area (Å²) in [7, 11) is 0. The summed E-state index contributed by atoms with van der Waals surface area (Å²) in [5, 5.41) is 3.29. The first-order chi connectivity index (χ1) is 20.1. The van der Waals surface area contributed by atoms with E-state index in [-0.39, 0.29) is 23.5 Å². The van der Waals surface area contributed by atoms with Crippen LogP contribution in [0.2, 0.25) is 0 Å². The van der Waals surface area contributed by atoms with Crippen LogP contribution in [0.1, 0.15) is 29.8 Å². The number of nitrogens with zero attached hydrogens (tertiary/aromatic N) is 5. The minimum Gasteiger partial charge on any atom is -0.435 e. The summed E-state index contributed by atoms with van der Waals surface area (Å²) >= 11 is 0. The molecule has 2 aromatic carbocycles. The highest BCUT2D eigenvalue weighted by molar-refractivity contribution is 5.96. The van der Waals surface area contributed by atoms with E-state index in [4.69, 9.17) is 5.73 Å². The average Bonchev–Trinajstić information content (AvgIpc) is 3.41. The Kier molecular flexibility index (Phi) is 8.34. The molecule has 2 amide bonds. The van der Waals surface area contributed by atoms with Gasteiger partial charge in [-0.05, 0) is 60.9 Å². The number of carbonyl (C=O) groups excluding carboxylic acids is 2. The van der Waals surface area contributed by atoms with Gasteiger partial charge in [0.2, 0.25) is 5.91 Å². The third-order valence-electron chi connectivity index (χ3n) is 7.40. The first-order valence-electron chi connectivity index (χ1n) is 13.7. The van der Waals surface area contributed by atoms with Gasteiger partial charge in [-0.15, -0.1) is 0 Å². The van der Waals surface area contributed by atoms with Crippen LogP contribution in [0, 0.1) is 12.8 Å². The van der Waals surface area contributed by atoms with Gasteiger partial charge in [0.1, 0.15) is 5.75 Å². The van der Waals surface area contributed by atoms with Crippen molar-refractivity contribution >= 4 is 29.0 Å². The minimum absolute atomic E-state index is 0.0551. The Hall–Kier alpha value is -4.58. The van der Waals surface area contributed by atoms with Crippen molar-refractivity contribution in [2.75, 3.05) is 31.5 Å². The number of piperazine rings is 1. The van der Waals surface area contributed by atoms with Crippen LogP contribution in [0.4, 0.5) is 20.3 Å². The van der Waals surface area contributed by atoms with Crippen molar-refractivity contribution in [2.24, 2.45) is 11.7 Å². The molecule has 4 aromatic rings. The number of rotatable bonds is 8. The number of carbonyl (C=O) groups is 2. The first kappa shape index (κ1) is 28.9. The molecule has 1 saturated heterocycles. The van der Waals surface area contributed by atoms with Gasteiger partial charge in [-0.2, -0.15) is 8.78 Å². The Morgan fingerprint density at radius 2 is 1.69 bits per heavy atom. The lowest BCUT2D eigenvalue weighted by Gasteiger charge is -2.36. The van der Waals surface area contributed by atoms with E-state index in [0.717, 1.165) is 22.5 Å². The summed E-state index contributed by atoms with van der Waals surface area (Å²) in [6.45, 7) is 4.65. The molecule has 12 heteroatoms. The molecule has 1 atom stereocenters. The third-order valence-corrected chi connectivity index (χ3v) is 7.40. The highest BCUT2D eigenvalue weighted by atomic mass is 19.3. The zero-order valence-electron chi connectivity index (χ0n) is 23.6. The van der Waals surface area contributed by atoms with Crippen LogP contribution in [0.25, 0.3) is 16.9 Å². The van der Waals surface area contributed by atoms with Crippen LogP contribution in [0.5, 0.6) is 5.75 Å². The lowest BCUT2D eigenvalue weighted by Crippen LogP contribution is -2.55. The molecule has 0 aliphatic carbocycles. The summed E-state index contributed by atoms with van der Waals surface area (Å²) < 4.78 is 31.3. The van der Waals surface area contributed by atoms with Crippen molar-refractivity contribution in [1.29, 1.82) is 0 Å². The molecule has 220 valence electrons. The number of alkyl halides is 2. The number of halogens is 2. The van der Waals surface area contributed by atoms with Gasteiger partial charge in [-0.25, -0.2) is 9.97 Å². The first-order valence-corrected chi connectivity index (χ1v) is 13.7. The molecule has 1 aliphatic heterocycles. The predicted octanol–water partition coefficient (Wildman–Crippen LogP) is 4.32. The van der Waals surface area contributed by atoms with Gasteiger partial charge in [0.05, 0.1) is 17.9 Å². The predicted molar refractivity (Wildman–Crippen MR) is 155 cm³/mol. The van der Waals surface area contributed by atoms with Gasteiger partial charge in [-0.3, -0.25) is 14.0 Å². The van der Waals surface area contributed by atoms with E-state index in [1.54, 1.807) is 46.6 Å². The normalized spacial score (nSPS) is 14.5. The number of amides is 2. The Labute approximate surface area is 242 Å². The molecule has 1 aliphatic rings. The molecule has 1 fully saturated rings. The van der Waals surface area contributed by atoms with Gasteiger partial charge in [-0.1, -0.05) is 13.8 Å². The fourth-order valence-electron chi connectivity index (χ4n) is 4.94. The summed E-state index contributed by atoms with van der Waals surface area (Å²) in [6.07, 6.45) is 5.09. The van der Waals surface area contributed by atoms with Gasteiger partial charge >= 0.3 is 6.61 Å². The van der Waals surface area contributed by atoms with Crippen LogP contribution >= 0.6 is 0 Å². The van der Waals surface area contributed by atoms with E-state index in [9.17, 15) is 18.4 Å². The number of aromatic nitrogens is 3. The molecule has 10 nitrogen and oxygen atoms in total. The monoisotopic (exact) mass is 577 g/mol. The topological polar surface area (TPSA) is 118 Å². The number of ether oxygens (including phenoxy) is 1. The smallest absolute Gasteiger partial charge is 0.387 e. The second-order valence-corrected chi connectivity index (χ2v) is 10.6. The van der Waals surface area contributed by atoms with Crippen molar-refractivity contribution in [1.82, 2.24) is 24.2 Å². The lowest BCUT2D eigenvalue weighted by atomic mass is 10.0. The van der Waals surface area contributed by atoms with Crippen LogP contribution in [0.15, 0.2) is 61.1 Å². The maximum atomic E-state index is 13.3. The third kappa shape index (κ3) is 6.03. The number of nitrogens with one attached hydrogen (secondary N) is 1. The molecular formula is C30H33F2N7O3. The number of hydrogen-bond donors (Lipinski definition) is 2. The Balaban J connectivity index is 1.27. The van der Waals surface area contributed by atoms with Crippen molar-refractivity contribution in [3.05, 3.63) is 72.2 Å². The number of nitrogens with two attached hydrogens (primary N) is 1. The lowest BCUT2D eigenvalue weighted by molar-refractivity contribution is -0.135. The Morgan fingerprint density at radius 3 is 2.33 bits per heavy atom. The molecule has 0 saturated carbocycles. The van der Waals surface area contributed by atoms with E-state index >= 15 is 0 Å². The van der Waals surface area contributed by atoms with E-state index in [1.165, 1.54) is 12.1 Å². The zero-order chi connectivity index (χ0) is 30.0. The van der Waals surface area contributed by atoms with Gasteiger partial charge in [0.25, 0.3) is 5.91 Å². The van der Waals surface area contributed by atoms with Gasteiger partial charge < -0.3 is 25.6 Å². The maximum Gasteiger partial charge on any atom is 0.387 e. The minimum atomic E-state index is -2.89. The van der Waals surface area contributed by atoms with Crippen molar-refractivity contribution in [3.63, 3.8) is 0 Å². The summed E-state index contributed by atoms with van der Waals surface area (Å²) in [5.41, 5.74) is 10.3. The number of hydrogen-bond acceptors (Lipinski definition) is 7. The SMILES string of the molecule is Cc1cc(Nc2nccn3c(-c4ccc(OC(F)F)cc4)cnc23)ccc1C(=O)N1CCN(C(=O)[C@@H](N)C(C)C)CC1. The van der Waals surface area contributed by atoms with Gasteiger partial charge in [0.15, 0.2) is 11.5 Å². The van der Waals surface area contributed by atoms with E-state index in [0.29, 0.717) is 43.2 Å². The molecule has 42 heavy (non-hydrogen) atoms. The fourth-order valence-corrected chi connectivity index (χ4v) is 4.94. The zero-order valence-corrected chi connectivity index (χ0v) is 23.6. The molecule has 0 bridgehead atoms. The fraction of sp³-hybridized carbons (Fsp3) is 0.333. The van der Waals surface area contributed by atoms with E-state index in [2.05, 4.69) is 20.0 Å². The Morgan fingerprint density at radius 1 is 1.00 bits per heavy atom. The van der Waals surface area contributed by atoms with Crippen LogP contribution < -0.4 is 15.8 Å². The summed E-state index contributed by atoms with van der Waals surface area (Å²) in [5.74, 6) is 0.490. The van der Waals surface area contributed by atoms with Crippen molar-refractivity contribution < 1.29 is 23.1 Å². The number of anilines is 2. The number of benzene rings is 2. The maximum absolute atomic E-state index is 13.3. The quantitative estimate of drug-likeness (QED) is 0.320. The highest BCUT2D eigenvalue weighted by Crippen LogP contribution is 2.28. The Bertz CT molecular complexity index is 1580. The highest BCUT2D eigenvalue weighted by Gasteiger charge is 2.29. The molecule has 5 rings (SSSR count). The number of aryl methyl sites for hydroxylation is 1. The summed E-state index contributed by atoms with van der Waals surface area (Å²) in [4.78, 5) is 38.3. The van der Waals surface area contributed by atoms with E-state index in [1.807, 2.05) is 37.3 Å². The van der Waals surface area contributed by atoms with Crippen LogP contribution in [-0.4, -0.2) is 74.8 Å². The van der Waals surface area contributed by atoms with Crippen molar-refractivity contribution in [3.8, 4) is 17.0 Å². The second kappa shape index (κ2) is 12.1. The van der Waals surface area contributed by atoms with E-state index < -0.39 is 12.7 Å². The van der Waals surface area contributed by atoms with Crippen LogP contribution in [-0.2, 0) is 4.79 Å². The molecule has 0 spiro atoms. The number of fused-ring (bicyclic) bond motifs is 1. The standard InChI is InChI=1S/C30H33F2N7O3/c1-18(2)25(33)29(41)38-14-12-37(13-15-38)28(40)23-9-6-21(16-19(23)3)36-26-27-35-17-24(39(27)11-10-34-26)20-4-7-22(8-5-20)42-30(31)32/h4-11,16-18,25,30H,12-15,33H2,1-3H3,(H,34,36)/t25-/m0/s1. The molecule has 3 heterocycles. The second-order valence-electron chi connectivity index (χ2n) is 10.6. The summed E-state index contributed by atoms with van der Waals surface area (Å²) in [6, 6.07) is 11.3. The number of imidazole rings is 1. The average molecular weight is 578 g/mol. The molecule has 2 aromatic heterocycles. The molecule has 3 N–H and O–H groups in total. The van der Waals surface area contributed by atoms with Crippen LogP contribution in [0.3, 0.4) is 0 Å². The molecule has 0 unspecified atom stereocenters. The largest absolute Gasteiger partial charge is 0.435 e. The van der Waals surface area contributed by atoms with Gasteiger partial charge in [0, 0.05) is 55.4 Å². The van der Waals surface area contributed by atoms with Crippen molar-refractivity contribution in [2.45, 2.75) is 33.4 Å². The molecule has 0 radical (unpaired) electrons.